The molecule has 1 aromatic heterocycles. The smallest absolute Gasteiger partial charge is 0.228 e. The van der Waals surface area contributed by atoms with Gasteiger partial charge < -0.3 is 10.1 Å². The first kappa shape index (κ1) is 15.9. The van der Waals surface area contributed by atoms with Crippen molar-refractivity contribution in [3.05, 3.63) is 28.9 Å². The zero-order valence-corrected chi connectivity index (χ0v) is 12.2. The highest BCUT2D eigenvalue weighted by Crippen LogP contribution is 2.15. The normalized spacial score (nSPS) is 14.2. The SMILES string of the molecule is C=C/C=c1\c(=C/C)c(C(CCC=O)C(=O)NC)nn1C. The van der Waals surface area contributed by atoms with Crippen molar-refractivity contribution in [1.82, 2.24) is 15.1 Å². The van der Waals surface area contributed by atoms with Gasteiger partial charge in [-0.25, -0.2) is 0 Å². The van der Waals surface area contributed by atoms with Crippen LogP contribution in [-0.2, 0) is 16.6 Å². The van der Waals surface area contributed by atoms with Crippen molar-refractivity contribution in [2.75, 3.05) is 7.05 Å². The number of likely N-dealkylation sites (N-methyl/N-ethyl adjacent to an activating group) is 1. The van der Waals surface area contributed by atoms with Crippen LogP contribution in [0.3, 0.4) is 0 Å². The monoisotopic (exact) mass is 275 g/mol. The Morgan fingerprint density at radius 1 is 1.55 bits per heavy atom. The van der Waals surface area contributed by atoms with Gasteiger partial charge >= 0.3 is 0 Å². The average Bonchev–Trinajstić information content (AvgIpc) is 2.76. The van der Waals surface area contributed by atoms with Gasteiger partial charge in [-0.15, -0.1) is 0 Å². The molecule has 1 amide bonds. The lowest BCUT2D eigenvalue weighted by molar-refractivity contribution is -0.122. The maximum atomic E-state index is 12.0. The van der Waals surface area contributed by atoms with Crippen LogP contribution in [0.2, 0.25) is 0 Å². The summed E-state index contributed by atoms with van der Waals surface area (Å²) >= 11 is 0. The number of allylic oxidation sites excluding steroid dienone is 1. The minimum atomic E-state index is -0.422. The molecule has 1 N–H and O–H groups in total. The van der Waals surface area contributed by atoms with Gasteiger partial charge in [0, 0.05) is 25.7 Å². The van der Waals surface area contributed by atoms with Crippen molar-refractivity contribution >= 4 is 24.3 Å². The molecular weight excluding hydrogens is 254 g/mol. The number of hydrogen-bond acceptors (Lipinski definition) is 3. The minimum Gasteiger partial charge on any atom is -0.359 e. The summed E-state index contributed by atoms with van der Waals surface area (Å²) in [6.45, 7) is 5.60. The second kappa shape index (κ2) is 7.43. The molecule has 20 heavy (non-hydrogen) atoms. The average molecular weight is 275 g/mol. The van der Waals surface area contributed by atoms with Crippen LogP contribution in [0.1, 0.15) is 31.4 Å². The van der Waals surface area contributed by atoms with Crippen LogP contribution in [0, 0.1) is 0 Å². The first-order chi connectivity index (χ1) is 9.60. The highest BCUT2D eigenvalue weighted by Gasteiger charge is 2.23. The van der Waals surface area contributed by atoms with Gasteiger partial charge in [0.2, 0.25) is 5.91 Å². The second-order valence-corrected chi connectivity index (χ2v) is 4.41. The second-order valence-electron chi connectivity index (χ2n) is 4.41. The van der Waals surface area contributed by atoms with Crippen LogP contribution < -0.4 is 15.9 Å². The highest BCUT2D eigenvalue weighted by atomic mass is 16.1. The molecule has 1 aromatic rings. The Morgan fingerprint density at radius 3 is 2.75 bits per heavy atom. The predicted octanol–water partition coefficient (Wildman–Crippen LogP) is -0.00430. The lowest BCUT2D eigenvalue weighted by atomic mass is 9.97. The molecule has 0 saturated heterocycles. The van der Waals surface area contributed by atoms with Gasteiger partial charge in [0.05, 0.1) is 17.0 Å². The van der Waals surface area contributed by atoms with Crippen molar-refractivity contribution in [3.63, 3.8) is 0 Å². The summed E-state index contributed by atoms with van der Waals surface area (Å²) in [6.07, 6.45) is 7.08. The zero-order valence-electron chi connectivity index (χ0n) is 12.2. The quantitative estimate of drug-likeness (QED) is 0.743. The van der Waals surface area contributed by atoms with E-state index in [-0.39, 0.29) is 5.91 Å². The van der Waals surface area contributed by atoms with Gasteiger partial charge in [-0.3, -0.25) is 9.48 Å². The molecule has 0 radical (unpaired) electrons. The number of carbonyl (C=O) groups is 2. The third-order valence-electron chi connectivity index (χ3n) is 3.19. The Hall–Kier alpha value is -2.17. The topological polar surface area (TPSA) is 64.0 Å². The van der Waals surface area contributed by atoms with Crippen molar-refractivity contribution in [2.45, 2.75) is 25.7 Å². The van der Waals surface area contributed by atoms with Crippen LogP contribution in [0.5, 0.6) is 0 Å². The van der Waals surface area contributed by atoms with Crippen molar-refractivity contribution in [3.8, 4) is 0 Å². The van der Waals surface area contributed by atoms with Crippen LogP contribution in [0.15, 0.2) is 12.7 Å². The number of amides is 1. The molecule has 1 unspecified atom stereocenters. The number of nitrogens with one attached hydrogen (secondary N) is 1. The molecule has 5 heteroatoms. The number of nitrogens with zero attached hydrogens (tertiary/aromatic N) is 2. The van der Waals surface area contributed by atoms with Crippen LogP contribution in [0.4, 0.5) is 0 Å². The molecule has 0 saturated carbocycles. The third-order valence-corrected chi connectivity index (χ3v) is 3.19. The molecule has 0 bridgehead atoms. The largest absolute Gasteiger partial charge is 0.359 e. The van der Waals surface area contributed by atoms with Crippen LogP contribution >= 0.6 is 0 Å². The van der Waals surface area contributed by atoms with Gasteiger partial charge in [-0.2, -0.15) is 5.10 Å². The fourth-order valence-electron chi connectivity index (χ4n) is 2.24. The van der Waals surface area contributed by atoms with E-state index in [9.17, 15) is 9.59 Å². The van der Waals surface area contributed by atoms with Crippen LogP contribution in [0.25, 0.3) is 12.2 Å². The minimum absolute atomic E-state index is 0.127. The Morgan fingerprint density at radius 2 is 2.25 bits per heavy atom. The number of aromatic nitrogens is 2. The standard InChI is InChI=1S/C15H21N3O2/c1-5-8-13-11(6-2)14(17-18(13)4)12(9-7-10-19)15(20)16-3/h5-6,8,10,12H,1,7,9H2,2-4H3,(H,16,20)/b11-6+,13-8+. The summed E-state index contributed by atoms with van der Waals surface area (Å²) in [7, 11) is 3.41. The van der Waals surface area contributed by atoms with Gasteiger partial charge in [0.25, 0.3) is 0 Å². The fraction of sp³-hybridized carbons (Fsp3) is 0.400. The molecular formula is C15H21N3O2. The lowest BCUT2D eigenvalue weighted by Gasteiger charge is -2.11. The van der Waals surface area contributed by atoms with E-state index in [1.165, 1.54) is 0 Å². The number of aryl methyl sites for hydroxylation is 1. The van der Waals surface area contributed by atoms with E-state index in [1.807, 2.05) is 26.1 Å². The van der Waals surface area contributed by atoms with Crippen molar-refractivity contribution < 1.29 is 9.59 Å². The van der Waals surface area contributed by atoms with Gasteiger partial charge in [-0.05, 0) is 19.4 Å². The first-order valence-corrected chi connectivity index (χ1v) is 6.57. The maximum absolute atomic E-state index is 12.0. The summed E-state index contributed by atoms with van der Waals surface area (Å²) in [6, 6.07) is 0. The summed E-state index contributed by atoms with van der Waals surface area (Å²) in [4.78, 5) is 22.6. The van der Waals surface area contributed by atoms with E-state index in [0.29, 0.717) is 18.5 Å². The zero-order chi connectivity index (χ0) is 15.1. The molecule has 1 rings (SSSR count). The Kier molecular flexibility index (Phi) is 5.90. The third kappa shape index (κ3) is 3.23. The van der Waals surface area contributed by atoms with Gasteiger partial charge in [0.1, 0.15) is 6.29 Å². The Labute approximate surface area is 118 Å². The summed E-state index contributed by atoms with van der Waals surface area (Å²) in [5.41, 5.74) is 0.698. The molecule has 0 aliphatic carbocycles. The highest BCUT2D eigenvalue weighted by molar-refractivity contribution is 5.83. The van der Waals surface area contributed by atoms with E-state index < -0.39 is 5.92 Å². The predicted molar refractivity (Wildman–Crippen MR) is 79.4 cm³/mol. The summed E-state index contributed by atoms with van der Waals surface area (Å²) in [5, 5.41) is 8.90. The molecule has 1 heterocycles. The van der Waals surface area contributed by atoms with E-state index in [1.54, 1.807) is 17.8 Å². The van der Waals surface area contributed by atoms with E-state index in [0.717, 1.165) is 16.9 Å². The van der Waals surface area contributed by atoms with Crippen molar-refractivity contribution in [1.29, 1.82) is 0 Å². The number of carbonyl (C=O) groups excluding carboxylic acids is 2. The number of aldehydes is 1. The van der Waals surface area contributed by atoms with E-state index >= 15 is 0 Å². The summed E-state index contributed by atoms with van der Waals surface area (Å²) < 4.78 is 1.73. The molecule has 0 spiro atoms. The maximum Gasteiger partial charge on any atom is 0.228 e. The Balaban J connectivity index is 3.45. The number of rotatable bonds is 6. The Bertz CT molecular complexity index is 614. The first-order valence-electron chi connectivity index (χ1n) is 6.57. The molecule has 1 atom stereocenters. The molecule has 5 nitrogen and oxygen atoms in total. The summed E-state index contributed by atoms with van der Waals surface area (Å²) in [5.74, 6) is -0.548. The molecule has 108 valence electrons. The van der Waals surface area contributed by atoms with Crippen LogP contribution in [-0.4, -0.2) is 29.0 Å². The van der Waals surface area contributed by atoms with Crippen molar-refractivity contribution in [2.24, 2.45) is 7.05 Å². The van der Waals surface area contributed by atoms with E-state index in [2.05, 4.69) is 17.0 Å². The molecule has 0 aromatic carbocycles. The van der Waals surface area contributed by atoms with E-state index in [4.69, 9.17) is 0 Å². The number of hydrogen-bond donors (Lipinski definition) is 1. The molecule has 0 fully saturated rings. The lowest BCUT2D eigenvalue weighted by Crippen LogP contribution is -2.33. The molecule has 0 aliphatic rings. The van der Waals surface area contributed by atoms with Gasteiger partial charge in [0.15, 0.2) is 0 Å². The van der Waals surface area contributed by atoms with Gasteiger partial charge in [-0.1, -0.05) is 18.7 Å². The fourth-order valence-corrected chi connectivity index (χ4v) is 2.24. The molecule has 0 aliphatic heterocycles.